The first kappa shape index (κ1) is 17.7. The highest BCUT2D eigenvalue weighted by atomic mass is 16.6. The van der Waals surface area contributed by atoms with Crippen molar-refractivity contribution in [1.82, 2.24) is 19.6 Å². The molecule has 0 aliphatic heterocycles. The first-order valence-electron chi connectivity index (χ1n) is 8.36. The molecule has 0 aliphatic rings. The van der Waals surface area contributed by atoms with Crippen molar-refractivity contribution >= 4 is 17.7 Å². The van der Waals surface area contributed by atoms with Crippen LogP contribution in [0.5, 0.6) is 5.75 Å². The van der Waals surface area contributed by atoms with Gasteiger partial charge in [-0.3, -0.25) is 4.79 Å². The molecule has 2 aromatic heterocycles. The van der Waals surface area contributed by atoms with Crippen LogP contribution >= 0.6 is 0 Å². The maximum absolute atomic E-state index is 12.0. The lowest BCUT2D eigenvalue weighted by Gasteiger charge is -2.10. The molecule has 0 saturated heterocycles. The Bertz CT molecular complexity index is 908. The normalized spacial score (nSPS) is 10.8. The lowest BCUT2D eigenvalue weighted by molar-refractivity contribution is -0.144. The van der Waals surface area contributed by atoms with E-state index in [0.717, 1.165) is 22.7 Å². The van der Waals surface area contributed by atoms with Crippen LogP contribution in [-0.4, -0.2) is 38.8 Å². The highest BCUT2D eigenvalue weighted by Crippen LogP contribution is 2.16. The molecule has 0 amide bonds. The summed E-state index contributed by atoms with van der Waals surface area (Å²) in [6, 6.07) is 9.40. The molecule has 8 heteroatoms. The number of hydrogen-bond acceptors (Lipinski definition) is 7. The number of nitrogen functional groups attached to an aromatic ring is 1. The van der Waals surface area contributed by atoms with E-state index in [1.165, 1.54) is 0 Å². The fraction of sp³-hybridized carbons (Fsp3) is 0.333. The summed E-state index contributed by atoms with van der Waals surface area (Å²) in [6.07, 6.45) is 0.767. The zero-order valence-corrected chi connectivity index (χ0v) is 14.8. The first-order valence-corrected chi connectivity index (χ1v) is 8.36. The van der Waals surface area contributed by atoms with Crippen LogP contribution in [0, 0.1) is 13.8 Å². The van der Waals surface area contributed by atoms with E-state index in [-0.39, 0.29) is 24.9 Å². The Balaban J connectivity index is 1.50. The monoisotopic (exact) mass is 355 g/mol. The number of carbonyl (C=O) groups is 1. The van der Waals surface area contributed by atoms with Crippen molar-refractivity contribution in [3.8, 4) is 5.75 Å². The number of hydrogen-bond donors (Lipinski definition) is 1. The van der Waals surface area contributed by atoms with Gasteiger partial charge in [-0.05, 0) is 38.0 Å². The summed E-state index contributed by atoms with van der Waals surface area (Å²) in [5.41, 5.74) is 8.25. The van der Waals surface area contributed by atoms with Crippen LogP contribution in [0.4, 0.5) is 5.95 Å². The highest BCUT2D eigenvalue weighted by molar-refractivity contribution is 5.69. The van der Waals surface area contributed by atoms with Crippen molar-refractivity contribution < 1.29 is 14.3 Å². The molecule has 3 aromatic rings. The molecule has 2 N–H and O–H groups in total. The van der Waals surface area contributed by atoms with Crippen LogP contribution < -0.4 is 10.5 Å². The predicted molar refractivity (Wildman–Crippen MR) is 95.9 cm³/mol. The van der Waals surface area contributed by atoms with Crippen molar-refractivity contribution in [2.45, 2.75) is 26.7 Å². The molecule has 0 aliphatic carbocycles. The SMILES string of the molecule is Cc1nc2nc(N)nn2c(C)c1CCC(=O)OCCOc1ccccc1. The molecule has 1 aromatic carbocycles. The average molecular weight is 355 g/mol. The second kappa shape index (κ2) is 7.81. The molecule has 26 heavy (non-hydrogen) atoms. The molecular formula is C18H21N5O3. The van der Waals surface area contributed by atoms with E-state index in [2.05, 4.69) is 15.1 Å². The van der Waals surface area contributed by atoms with Crippen LogP contribution in [0.2, 0.25) is 0 Å². The molecule has 0 radical (unpaired) electrons. The van der Waals surface area contributed by atoms with E-state index in [9.17, 15) is 4.79 Å². The van der Waals surface area contributed by atoms with Gasteiger partial charge in [-0.2, -0.15) is 9.50 Å². The Morgan fingerprint density at radius 2 is 1.92 bits per heavy atom. The summed E-state index contributed by atoms with van der Waals surface area (Å²) in [5, 5.41) is 4.12. The van der Waals surface area contributed by atoms with E-state index in [1.54, 1.807) is 4.52 Å². The first-order chi connectivity index (χ1) is 12.5. The fourth-order valence-corrected chi connectivity index (χ4v) is 2.72. The van der Waals surface area contributed by atoms with Gasteiger partial charge in [0.2, 0.25) is 5.95 Å². The number of rotatable bonds is 7. The van der Waals surface area contributed by atoms with Gasteiger partial charge in [-0.25, -0.2) is 4.98 Å². The minimum atomic E-state index is -0.279. The summed E-state index contributed by atoms with van der Waals surface area (Å²) in [6.45, 7) is 4.32. The summed E-state index contributed by atoms with van der Waals surface area (Å²) < 4.78 is 12.3. The van der Waals surface area contributed by atoms with Gasteiger partial charge in [0.05, 0.1) is 0 Å². The van der Waals surface area contributed by atoms with Crippen molar-refractivity contribution in [3.05, 3.63) is 47.3 Å². The van der Waals surface area contributed by atoms with Crippen molar-refractivity contribution in [3.63, 3.8) is 0 Å². The van der Waals surface area contributed by atoms with Crippen LogP contribution in [-0.2, 0) is 16.0 Å². The number of anilines is 1. The maximum Gasteiger partial charge on any atom is 0.306 e. The lowest BCUT2D eigenvalue weighted by Crippen LogP contribution is -2.14. The van der Waals surface area contributed by atoms with Crippen molar-refractivity contribution in [2.24, 2.45) is 0 Å². The minimum Gasteiger partial charge on any atom is -0.490 e. The van der Waals surface area contributed by atoms with Gasteiger partial charge in [0.25, 0.3) is 5.78 Å². The van der Waals surface area contributed by atoms with Gasteiger partial charge < -0.3 is 15.2 Å². The van der Waals surface area contributed by atoms with Crippen LogP contribution in [0.3, 0.4) is 0 Å². The summed E-state index contributed by atoms with van der Waals surface area (Å²) in [4.78, 5) is 20.4. The third-order valence-corrected chi connectivity index (χ3v) is 4.00. The highest BCUT2D eigenvalue weighted by Gasteiger charge is 2.14. The molecule has 8 nitrogen and oxygen atoms in total. The van der Waals surface area contributed by atoms with E-state index < -0.39 is 0 Å². The van der Waals surface area contributed by atoms with Gasteiger partial charge in [0.1, 0.15) is 19.0 Å². The van der Waals surface area contributed by atoms with Gasteiger partial charge in [-0.15, -0.1) is 5.10 Å². The number of esters is 1. The van der Waals surface area contributed by atoms with Gasteiger partial charge in [0.15, 0.2) is 0 Å². The standard InChI is InChI=1S/C18H21N5O3/c1-12-15(13(2)23-18(20-12)21-17(19)22-23)8-9-16(24)26-11-10-25-14-6-4-3-5-7-14/h3-7H,8-11H2,1-2H3,(H2,19,22). The predicted octanol–water partition coefficient (Wildman–Crippen LogP) is 1.88. The summed E-state index contributed by atoms with van der Waals surface area (Å²) in [7, 11) is 0. The molecular weight excluding hydrogens is 334 g/mol. The fourth-order valence-electron chi connectivity index (χ4n) is 2.72. The van der Waals surface area contributed by atoms with Gasteiger partial charge in [0, 0.05) is 17.8 Å². The smallest absolute Gasteiger partial charge is 0.306 e. The van der Waals surface area contributed by atoms with E-state index >= 15 is 0 Å². The number of fused-ring (bicyclic) bond motifs is 1. The Kier molecular flexibility index (Phi) is 5.31. The number of benzene rings is 1. The van der Waals surface area contributed by atoms with E-state index in [0.29, 0.717) is 18.8 Å². The van der Waals surface area contributed by atoms with Crippen LogP contribution in [0.1, 0.15) is 23.4 Å². The quantitative estimate of drug-likeness (QED) is 0.509. The van der Waals surface area contributed by atoms with Gasteiger partial charge >= 0.3 is 5.97 Å². The molecule has 0 bridgehead atoms. The summed E-state index contributed by atoms with van der Waals surface area (Å²) >= 11 is 0. The molecule has 0 saturated carbocycles. The maximum atomic E-state index is 12.0. The molecule has 2 heterocycles. The minimum absolute atomic E-state index is 0.176. The van der Waals surface area contributed by atoms with E-state index in [1.807, 2.05) is 44.2 Å². The topological polar surface area (TPSA) is 105 Å². The Hall–Kier alpha value is -3.16. The van der Waals surface area contributed by atoms with Crippen molar-refractivity contribution in [1.29, 1.82) is 0 Å². The third-order valence-electron chi connectivity index (χ3n) is 4.00. The number of aromatic nitrogens is 4. The number of nitrogens with zero attached hydrogens (tertiary/aromatic N) is 4. The molecule has 0 spiro atoms. The molecule has 3 rings (SSSR count). The molecule has 0 fully saturated rings. The van der Waals surface area contributed by atoms with Crippen molar-refractivity contribution in [2.75, 3.05) is 18.9 Å². The number of aryl methyl sites for hydroxylation is 2. The third kappa shape index (κ3) is 4.08. The Morgan fingerprint density at radius 3 is 2.69 bits per heavy atom. The number of nitrogens with two attached hydrogens (primary N) is 1. The van der Waals surface area contributed by atoms with E-state index in [4.69, 9.17) is 15.2 Å². The zero-order valence-electron chi connectivity index (χ0n) is 14.8. The summed E-state index contributed by atoms with van der Waals surface area (Å²) in [5.74, 6) is 1.11. The zero-order chi connectivity index (χ0) is 18.5. The number of carbonyl (C=O) groups excluding carboxylic acids is 1. The molecule has 0 atom stereocenters. The van der Waals surface area contributed by atoms with Crippen LogP contribution in [0.25, 0.3) is 5.78 Å². The van der Waals surface area contributed by atoms with Gasteiger partial charge in [-0.1, -0.05) is 18.2 Å². The Labute approximate surface area is 151 Å². The largest absolute Gasteiger partial charge is 0.490 e. The molecule has 136 valence electrons. The second-order valence-electron chi connectivity index (χ2n) is 5.82. The number of ether oxygens (including phenoxy) is 2. The average Bonchev–Trinajstić information content (AvgIpc) is 3.00. The molecule has 0 unspecified atom stereocenters. The number of para-hydroxylation sites is 1. The van der Waals surface area contributed by atoms with Crippen LogP contribution in [0.15, 0.2) is 30.3 Å². The Morgan fingerprint density at radius 1 is 1.15 bits per heavy atom. The lowest BCUT2D eigenvalue weighted by atomic mass is 10.1. The second-order valence-corrected chi connectivity index (χ2v) is 5.82.